The SMILES string of the molecule is Cn1nccc1C(=O)N1CCCC(c2nc(CCNC(=O)C3CC3)cs2)C1. The van der Waals surface area contributed by atoms with Crippen LogP contribution in [0.4, 0.5) is 0 Å². The van der Waals surface area contributed by atoms with Gasteiger partial charge in [-0.1, -0.05) is 0 Å². The molecule has 27 heavy (non-hydrogen) atoms. The number of aryl methyl sites for hydroxylation is 1. The van der Waals surface area contributed by atoms with Crippen LogP contribution in [-0.4, -0.2) is 51.1 Å². The average Bonchev–Trinajstić information content (AvgIpc) is 3.28. The lowest BCUT2D eigenvalue weighted by atomic mass is 9.98. The molecule has 1 aliphatic carbocycles. The number of nitrogens with zero attached hydrogens (tertiary/aromatic N) is 4. The van der Waals surface area contributed by atoms with Crippen molar-refractivity contribution in [3.05, 3.63) is 34.0 Å². The molecule has 0 aromatic carbocycles. The van der Waals surface area contributed by atoms with Crippen molar-refractivity contribution in [3.8, 4) is 0 Å². The van der Waals surface area contributed by atoms with Crippen LogP contribution in [0.1, 0.15) is 52.8 Å². The van der Waals surface area contributed by atoms with Gasteiger partial charge in [0.1, 0.15) is 5.69 Å². The van der Waals surface area contributed by atoms with Crippen LogP contribution in [0, 0.1) is 5.92 Å². The summed E-state index contributed by atoms with van der Waals surface area (Å²) in [6.07, 6.45) is 6.52. The zero-order chi connectivity index (χ0) is 18.8. The Bertz CT molecular complexity index is 826. The molecule has 7 nitrogen and oxygen atoms in total. The maximum absolute atomic E-state index is 12.7. The molecule has 4 rings (SSSR count). The molecule has 1 N–H and O–H groups in total. The largest absolute Gasteiger partial charge is 0.355 e. The molecule has 1 atom stereocenters. The minimum absolute atomic E-state index is 0.0410. The second-order valence-corrected chi connectivity index (χ2v) is 8.31. The quantitative estimate of drug-likeness (QED) is 0.822. The van der Waals surface area contributed by atoms with Crippen LogP contribution in [0.2, 0.25) is 0 Å². The molecule has 2 aromatic rings. The highest BCUT2D eigenvalue weighted by molar-refractivity contribution is 7.09. The summed E-state index contributed by atoms with van der Waals surface area (Å²) in [6.45, 7) is 2.13. The van der Waals surface area contributed by atoms with Crippen LogP contribution < -0.4 is 5.32 Å². The number of thiazole rings is 1. The van der Waals surface area contributed by atoms with Crippen molar-refractivity contribution in [2.75, 3.05) is 19.6 Å². The van der Waals surface area contributed by atoms with Gasteiger partial charge in [-0.2, -0.15) is 5.10 Å². The highest BCUT2D eigenvalue weighted by Crippen LogP contribution is 2.30. The number of aromatic nitrogens is 3. The third kappa shape index (κ3) is 4.21. The second kappa shape index (κ2) is 7.80. The Kier molecular flexibility index (Phi) is 5.24. The summed E-state index contributed by atoms with van der Waals surface area (Å²) < 4.78 is 1.63. The first kappa shape index (κ1) is 18.2. The zero-order valence-electron chi connectivity index (χ0n) is 15.6. The third-order valence-electron chi connectivity index (χ3n) is 5.30. The Morgan fingerprint density at radius 3 is 2.93 bits per heavy atom. The first-order valence-electron chi connectivity index (χ1n) is 9.61. The van der Waals surface area contributed by atoms with Gasteiger partial charge in [0.2, 0.25) is 5.91 Å². The summed E-state index contributed by atoms with van der Waals surface area (Å²) in [5.41, 5.74) is 1.66. The van der Waals surface area contributed by atoms with E-state index >= 15 is 0 Å². The van der Waals surface area contributed by atoms with Crippen LogP contribution in [-0.2, 0) is 18.3 Å². The Morgan fingerprint density at radius 1 is 1.33 bits per heavy atom. The van der Waals surface area contributed by atoms with Crippen LogP contribution >= 0.6 is 11.3 Å². The van der Waals surface area contributed by atoms with E-state index in [0.29, 0.717) is 18.8 Å². The van der Waals surface area contributed by atoms with Crippen molar-refractivity contribution >= 4 is 23.2 Å². The fourth-order valence-corrected chi connectivity index (χ4v) is 4.52. The first-order chi connectivity index (χ1) is 13.1. The molecule has 144 valence electrons. The van der Waals surface area contributed by atoms with Crippen molar-refractivity contribution < 1.29 is 9.59 Å². The highest BCUT2D eigenvalue weighted by Gasteiger charge is 2.30. The van der Waals surface area contributed by atoms with Crippen LogP contribution in [0.25, 0.3) is 0 Å². The van der Waals surface area contributed by atoms with Crippen LogP contribution in [0.5, 0.6) is 0 Å². The van der Waals surface area contributed by atoms with Gasteiger partial charge in [-0.3, -0.25) is 14.3 Å². The molecule has 0 radical (unpaired) electrons. The standard InChI is InChI=1S/C19H25N5O2S/c1-23-16(7-9-21-23)19(26)24-10-2-3-14(11-24)18-22-15(12-27-18)6-8-20-17(25)13-4-5-13/h7,9,12-14H,2-6,8,10-11H2,1H3,(H,20,25). The van der Waals surface area contributed by atoms with Crippen LogP contribution in [0.3, 0.4) is 0 Å². The lowest BCUT2D eigenvalue weighted by Gasteiger charge is -2.31. The summed E-state index contributed by atoms with van der Waals surface area (Å²) in [4.78, 5) is 31.1. The van der Waals surface area contributed by atoms with Gasteiger partial charge >= 0.3 is 0 Å². The van der Waals surface area contributed by atoms with E-state index in [-0.39, 0.29) is 23.7 Å². The smallest absolute Gasteiger partial charge is 0.272 e. The van der Waals surface area contributed by atoms with Gasteiger partial charge in [0.15, 0.2) is 0 Å². The number of piperidine rings is 1. The Morgan fingerprint density at radius 2 is 2.19 bits per heavy atom. The summed E-state index contributed by atoms with van der Waals surface area (Å²) in [6, 6.07) is 1.77. The lowest BCUT2D eigenvalue weighted by Crippen LogP contribution is -2.39. The lowest BCUT2D eigenvalue weighted by molar-refractivity contribution is -0.122. The van der Waals surface area contributed by atoms with Gasteiger partial charge in [-0.15, -0.1) is 11.3 Å². The summed E-state index contributed by atoms with van der Waals surface area (Å²) in [7, 11) is 1.80. The molecule has 1 unspecified atom stereocenters. The van der Waals surface area contributed by atoms with E-state index in [1.54, 1.807) is 35.3 Å². The van der Waals surface area contributed by atoms with Gasteiger partial charge in [-0.25, -0.2) is 4.98 Å². The molecule has 2 aromatic heterocycles. The number of amides is 2. The van der Waals surface area contributed by atoms with Gasteiger partial charge in [-0.05, 0) is 31.7 Å². The minimum atomic E-state index is 0.0410. The molecule has 1 saturated heterocycles. The van der Waals surface area contributed by atoms with Gasteiger partial charge < -0.3 is 10.2 Å². The molecule has 0 spiro atoms. The average molecular weight is 388 g/mol. The molecular formula is C19H25N5O2S. The molecule has 2 aliphatic rings. The number of hydrogen-bond acceptors (Lipinski definition) is 5. The molecule has 0 bridgehead atoms. The predicted octanol–water partition coefficient (Wildman–Crippen LogP) is 1.97. The van der Waals surface area contributed by atoms with E-state index in [4.69, 9.17) is 4.98 Å². The van der Waals surface area contributed by atoms with Crippen molar-refractivity contribution in [1.29, 1.82) is 0 Å². The number of likely N-dealkylation sites (tertiary alicyclic amines) is 1. The van der Waals surface area contributed by atoms with E-state index in [9.17, 15) is 9.59 Å². The Hall–Kier alpha value is -2.22. The van der Waals surface area contributed by atoms with Crippen molar-refractivity contribution in [3.63, 3.8) is 0 Å². The van der Waals surface area contributed by atoms with Crippen molar-refractivity contribution in [2.45, 2.75) is 38.0 Å². The topological polar surface area (TPSA) is 80.1 Å². The van der Waals surface area contributed by atoms with E-state index < -0.39 is 0 Å². The molecule has 2 amide bonds. The molecule has 1 saturated carbocycles. The number of hydrogen-bond donors (Lipinski definition) is 1. The minimum Gasteiger partial charge on any atom is -0.355 e. The van der Waals surface area contributed by atoms with Gasteiger partial charge in [0.05, 0.1) is 10.7 Å². The number of rotatable bonds is 6. The first-order valence-corrected chi connectivity index (χ1v) is 10.5. The fourth-order valence-electron chi connectivity index (χ4n) is 3.54. The van der Waals surface area contributed by atoms with Gasteiger partial charge in [0, 0.05) is 56.5 Å². The number of nitrogens with one attached hydrogen (secondary N) is 1. The van der Waals surface area contributed by atoms with Crippen molar-refractivity contribution in [2.24, 2.45) is 13.0 Å². The molecule has 3 heterocycles. The molecule has 2 fully saturated rings. The molecule has 8 heteroatoms. The monoisotopic (exact) mass is 387 g/mol. The molecule has 1 aliphatic heterocycles. The fraction of sp³-hybridized carbons (Fsp3) is 0.579. The Balaban J connectivity index is 1.33. The third-order valence-corrected chi connectivity index (χ3v) is 6.35. The molecular weight excluding hydrogens is 362 g/mol. The van der Waals surface area contributed by atoms with E-state index in [1.165, 1.54) is 0 Å². The second-order valence-electron chi connectivity index (χ2n) is 7.42. The van der Waals surface area contributed by atoms with E-state index in [1.807, 2.05) is 4.90 Å². The maximum atomic E-state index is 12.7. The predicted molar refractivity (Wildman–Crippen MR) is 103 cm³/mol. The summed E-state index contributed by atoms with van der Waals surface area (Å²) in [5.74, 6) is 0.762. The normalized spacial score (nSPS) is 19.9. The van der Waals surface area contributed by atoms with Crippen molar-refractivity contribution in [1.82, 2.24) is 25.0 Å². The zero-order valence-corrected chi connectivity index (χ0v) is 16.4. The highest BCUT2D eigenvalue weighted by atomic mass is 32.1. The van der Waals surface area contributed by atoms with E-state index in [0.717, 1.165) is 49.4 Å². The van der Waals surface area contributed by atoms with Crippen LogP contribution in [0.15, 0.2) is 17.6 Å². The Labute approximate surface area is 162 Å². The van der Waals surface area contributed by atoms with Gasteiger partial charge in [0.25, 0.3) is 5.91 Å². The number of carbonyl (C=O) groups is 2. The maximum Gasteiger partial charge on any atom is 0.272 e. The van der Waals surface area contributed by atoms with E-state index in [2.05, 4.69) is 15.8 Å². The summed E-state index contributed by atoms with van der Waals surface area (Å²) >= 11 is 1.67. The summed E-state index contributed by atoms with van der Waals surface area (Å²) in [5, 5.41) is 10.3. The number of carbonyl (C=O) groups excluding carboxylic acids is 2.